The van der Waals surface area contributed by atoms with Crippen LogP contribution in [0.15, 0.2) is 32.2 Å². The molecule has 4 aliphatic carbocycles. The Hall–Kier alpha value is -1.12. The molecule has 2 heteroatoms. The highest BCUT2D eigenvalue weighted by molar-refractivity contribution is 9.11. The highest BCUT2D eigenvalue weighted by Gasteiger charge is 2.46. The van der Waals surface area contributed by atoms with E-state index < -0.39 is 0 Å². The summed E-state index contributed by atoms with van der Waals surface area (Å²) in [6, 6.07) is 5.18. The van der Waals surface area contributed by atoms with Crippen LogP contribution in [0.25, 0.3) is 12.2 Å². The van der Waals surface area contributed by atoms with E-state index in [1.165, 1.54) is 82.6 Å². The van der Waals surface area contributed by atoms with Crippen molar-refractivity contribution >= 4 is 44.0 Å². The molecule has 0 nitrogen and oxygen atoms in total. The average molecular weight is 566 g/mol. The third-order valence-electron chi connectivity index (χ3n) is 9.07. The van der Waals surface area contributed by atoms with Gasteiger partial charge < -0.3 is 0 Å². The fourth-order valence-electron chi connectivity index (χ4n) is 7.81. The van der Waals surface area contributed by atoms with Gasteiger partial charge in [-0.25, -0.2) is 0 Å². The summed E-state index contributed by atoms with van der Waals surface area (Å²) in [7, 11) is 0. The molecule has 2 atom stereocenters. The van der Waals surface area contributed by atoms with Gasteiger partial charge in [-0.05, 0) is 147 Å². The van der Waals surface area contributed by atoms with Gasteiger partial charge in [0.15, 0.2) is 0 Å². The van der Waals surface area contributed by atoms with Crippen LogP contribution in [0.5, 0.6) is 0 Å². The van der Waals surface area contributed by atoms with Crippen LogP contribution in [0, 0.1) is 5.41 Å². The molecule has 0 radical (unpaired) electrons. The van der Waals surface area contributed by atoms with Crippen molar-refractivity contribution in [3.8, 4) is 0 Å². The van der Waals surface area contributed by atoms with Gasteiger partial charge in [-0.15, -0.1) is 0 Å². The summed E-state index contributed by atoms with van der Waals surface area (Å²) in [6.07, 6.45) is 15.2. The molecule has 0 N–H and O–H groups in total. The van der Waals surface area contributed by atoms with Gasteiger partial charge in [0.25, 0.3) is 0 Å². The molecular weight excluding hydrogens is 532 g/mol. The molecular formula is C31H34Br2. The number of halogens is 2. The SMILES string of the molecule is CC1=Cc2c(cc3c(c2Br)CCCC3)C1C(C)(C)C1C(C)=Cc2c1cc1c(c2Br)CCCC1. The molecule has 2 aromatic carbocycles. The van der Waals surface area contributed by atoms with Crippen molar-refractivity contribution in [2.45, 2.75) is 90.9 Å². The number of fused-ring (bicyclic) bond motifs is 4. The topological polar surface area (TPSA) is 0 Å². The Kier molecular flexibility index (Phi) is 5.39. The summed E-state index contributed by atoms with van der Waals surface area (Å²) in [6.45, 7) is 9.80. The summed E-state index contributed by atoms with van der Waals surface area (Å²) >= 11 is 8.10. The van der Waals surface area contributed by atoms with Crippen LogP contribution in [0.1, 0.15) is 110 Å². The molecule has 0 aliphatic heterocycles. The first kappa shape index (κ1) is 22.4. The summed E-state index contributed by atoms with van der Waals surface area (Å²) in [5.41, 5.74) is 15.5. The Morgan fingerprint density at radius 2 is 1.06 bits per heavy atom. The second-order valence-electron chi connectivity index (χ2n) is 11.5. The second kappa shape index (κ2) is 7.95. The molecule has 2 aromatic rings. The van der Waals surface area contributed by atoms with Crippen LogP contribution in [-0.2, 0) is 25.7 Å². The van der Waals surface area contributed by atoms with Gasteiger partial charge >= 0.3 is 0 Å². The quantitative estimate of drug-likeness (QED) is 0.340. The van der Waals surface area contributed by atoms with Crippen LogP contribution in [-0.4, -0.2) is 0 Å². The normalized spacial score (nSPS) is 23.5. The zero-order valence-electron chi connectivity index (χ0n) is 20.4. The average Bonchev–Trinajstić information content (AvgIpc) is 3.31. The first-order valence-electron chi connectivity index (χ1n) is 12.8. The maximum Gasteiger partial charge on any atom is 0.0285 e. The minimum atomic E-state index is 0.0996. The molecule has 0 saturated heterocycles. The van der Waals surface area contributed by atoms with Crippen molar-refractivity contribution in [2.24, 2.45) is 5.41 Å². The van der Waals surface area contributed by atoms with E-state index in [0.29, 0.717) is 11.8 Å². The number of hydrogen-bond acceptors (Lipinski definition) is 0. The predicted octanol–water partition coefficient (Wildman–Crippen LogP) is 9.70. The molecule has 0 bridgehead atoms. The number of aryl methyl sites for hydroxylation is 2. The Labute approximate surface area is 216 Å². The van der Waals surface area contributed by atoms with Gasteiger partial charge in [-0.2, -0.15) is 0 Å². The molecule has 33 heavy (non-hydrogen) atoms. The maximum absolute atomic E-state index is 4.05. The van der Waals surface area contributed by atoms with Gasteiger partial charge in [0, 0.05) is 20.8 Å². The van der Waals surface area contributed by atoms with Gasteiger partial charge in [-0.3, -0.25) is 0 Å². The first-order chi connectivity index (χ1) is 15.8. The number of benzene rings is 2. The smallest absolute Gasteiger partial charge is 0.0285 e. The van der Waals surface area contributed by atoms with Crippen molar-refractivity contribution < 1.29 is 0 Å². The van der Waals surface area contributed by atoms with Crippen LogP contribution in [0.2, 0.25) is 0 Å². The number of hydrogen-bond donors (Lipinski definition) is 0. The highest BCUT2D eigenvalue weighted by Crippen LogP contribution is 2.60. The summed E-state index contributed by atoms with van der Waals surface area (Å²) < 4.78 is 2.76. The Bertz CT molecular complexity index is 1150. The zero-order valence-corrected chi connectivity index (χ0v) is 23.5. The largest absolute Gasteiger partial charge is 0.0646 e. The molecule has 0 saturated carbocycles. The summed E-state index contributed by atoms with van der Waals surface area (Å²) in [5.74, 6) is 0.898. The fraction of sp³-hybridized carbons (Fsp3) is 0.484. The van der Waals surface area contributed by atoms with Crippen molar-refractivity contribution in [1.29, 1.82) is 0 Å². The van der Waals surface area contributed by atoms with Gasteiger partial charge in [-0.1, -0.05) is 49.3 Å². The molecule has 6 rings (SSSR count). The predicted molar refractivity (Wildman–Crippen MR) is 148 cm³/mol. The van der Waals surface area contributed by atoms with E-state index in [9.17, 15) is 0 Å². The molecule has 172 valence electrons. The van der Waals surface area contributed by atoms with Crippen LogP contribution in [0.4, 0.5) is 0 Å². The van der Waals surface area contributed by atoms with E-state index >= 15 is 0 Å². The summed E-state index contributed by atoms with van der Waals surface area (Å²) in [4.78, 5) is 0. The fourth-order valence-corrected chi connectivity index (χ4v) is 9.40. The van der Waals surface area contributed by atoms with Crippen LogP contribution < -0.4 is 0 Å². The van der Waals surface area contributed by atoms with E-state index in [0.717, 1.165) is 0 Å². The van der Waals surface area contributed by atoms with E-state index in [1.807, 2.05) is 0 Å². The van der Waals surface area contributed by atoms with Gasteiger partial charge in [0.05, 0.1) is 0 Å². The number of rotatable bonds is 2. The molecule has 0 amide bonds. The lowest BCUT2D eigenvalue weighted by molar-refractivity contribution is 0.274. The van der Waals surface area contributed by atoms with Crippen molar-refractivity contribution in [2.75, 3.05) is 0 Å². The standard InChI is InChI=1S/C31H34Br2/c1-17-13-25-23(15-19-9-5-7-11-21(19)29(25)32)27(17)31(3,4)28-18(2)14-26-24(28)16-20-10-6-8-12-22(20)30(26)33/h13-16,27-28H,5-12H2,1-4H3. The van der Waals surface area contributed by atoms with Crippen LogP contribution in [0.3, 0.4) is 0 Å². The first-order valence-corrected chi connectivity index (χ1v) is 14.4. The van der Waals surface area contributed by atoms with E-state index in [2.05, 4.69) is 83.8 Å². The lowest BCUT2D eigenvalue weighted by atomic mass is 9.62. The maximum atomic E-state index is 4.05. The molecule has 0 fully saturated rings. The third kappa shape index (κ3) is 3.26. The van der Waals surface area contributed by atoms with E-state index in [4.69, 9.17) is 0 Å². The monoisotopic (exact) mass is 564 g/mol. The molecule has 4 aliphatic rings. The van der Waals surface area contributed by atoms with Gasteiger partial charge in [0.2, 0.25) is 0 Å². The number of allylic oxidation sites excluding steroid dienone is 2. The van der Waals surface area contributed by atoms with Gasteiger partial charge in [0.1, 0.15) is 0 Å². The molecule has 0 spiro atoms. The molecule has 0 aromatic heterocycles. The van der Waals surface area contributed by atoms with Crippen molar-refractivity contribution in [1.82, 2.24) is 0 Å². The lowest BCUT2D eigenvalue weighted by Gasteiger charge is -2.41. The second-order valence-corrected chi connectivity index (χ2v) is 13.1. The lowest BCUT2D eigenvalue weighted by Crippen LogP contribution is -2.30. The molecule has 2 unspecified atom stereocenters. The van der Waals surface area contributed by atoms with E-state index in [-0.39, 0.29) is 5.41 Å². The highest BCUT2D eigenvalue weighted by atomic mass is 79.9. The zero-order chi connectivity index (χ0) is 23.1. The Morgan fingerprint density at radius 3 is 1.48 bits per heavy atom. The Morgan fingerprint density at radius 1 is 0.667 bits per heavy atom. The summed E-state index contributed by atoms with van der Waals surface area (Å²) in [5, 5.41) is 0. The Balaban J connectivity index is 1.48. The van der Waals surface area contributed by atoms with E-state index in [1.54, 1.807) is 33.4 Å². The molecule has 0 heterocycles. The third-order valence-corrected chi connectivity index (χ3v) is 10.9. The van der Waals surface area contributed by atoms with Crippen molar-refractivity contribution in [3.63, 3.8) is 0 Å². The minimum absolute atomic E-state index is 0.0996. The van der Waals surface area contributed by atoms with Crippen molar-refractivity contribution in [3.05, 3.63) is 76.7 Å². The van der Waals surface area contributed by atoms with Crippen LogP contribution >= 0.6 is 31.9 Å². The minimum Gasteiger partial charge on any atom is -0.0646 e.